The highest BCUT2D eigenvalue weighted by Crippen LogP contribution is 2.40. The van der Waals surface area contributed by atoms with Gasteiger partial charge in [-0.2, -0.15) is 0 Å². The number of hydrogen-bond donors (Lipinski definition) is 17. The van der Waals surface area contributed by atoms with E-state index in [9.17, 15) is 90.7 Å². The minimum Gasteiger partial charge on any atom is -0.477 e. The average Bonchev–Trinajstić information content (AvgIpc) is 0.937. The fourth-order valence-corrected chi connectivity index (χ4v) is 11.1. The van der Waals surface area contributed by atoms with Gasteiger partial charge in [0, 0.05) is 26.7 Å². The van der Waals surface area contributed by atoms with Gasteiger partial charge in [0.2, 0.25) is 17.7 Å². The van der Waals surface area contributed by atoms with Gasteiger partial charge in [-0.15, -0.1) is 0 Å². The molecule has 0 aliphatic carbocycles. The van der Waals surface area contributed by atoms with Crippen molar-refractivity contribution in [3.63, 3.8) is 0 Å². The van der Waals surface area contributed by atoms with Crippen LogP contribution < -0.4 is 16.0 Å². The highest BCUT2D eigenvalue weighted by Gasteiger charge is 2.61. The molecule has 4 aliphatic heterocycles. The van der Waals surface area contributed by atoms with Gasteiger partial charge in [0.05, 0.1) is 57.3 Å². The molecular formula is C57H101N3O26. The smallest absolute Gasteiger partial charge is 0.364 e. The van der Waals surface area contributed by atoms with E-state index in [0.29, 0.717) is 12.8 Å². The fraction of sp³-hybridized carbons (Fsp3) is 0.895. The molecule has 23 atom stereocenters. The Bertz CT molecular complexity index is 2000. The predicted octanol–water partition coefficient (Wildman–Crippen LogP) is -2.77. The second-order valence-corrected chi connectivity index (χ2v) is 22.9. The second kappa shape index (κ2) is 38.5. The van der Waals surface area contributed by atoms with Crippen LogP contribution in [0.1, 0.15) is 150 Å². The largest absolute Gasteiger partial charge is 0.477 e. The summed E-state index contributed by atoms with van der Waals surface area (Å²) in [4.78, 5) is 51.4. The average molecular weight is 1240 g/mol. The number of aliphatic hydroxyl groups excluding tert-OH is 13. The number of hydrogen-bond acceptors (Lipinski definition) is 25. The van der Waals surface area contributed by atoms with Crippen molar-refractivity contribution in [2.45, 2.75) is 290 Å². The van der Waals surface area contributed by atoms with Gasteiger partial charge >= 0.3 is 5.97 Å². The van der Waals surface area contributed by atoms with Crippen molar-refractivity contribution in [3.05, 3.63) is 12.2 Å². The second-order valence-electron chi connectivity index (χ2n) is 22.9. The molecule has 4 heterocycles. The molecule has 29 heteroatoms. The number of unbranched alkanes of at least 4 members (excludes halogenated alkanes) is 15. The molecule has 0 spiro atoms. The normalized spacial score (nSPS) is 34.7. The van der Waals surface area contributed by atoms with E-state index >= 15 is 0 Å². The van der Waals surface area contributed by atoms with Crippen LogP contribution in [-0.2, 0) is 57.1 Å². The highest BCUT2D eigenvalue weighted by molar-refractivity contribution is 5.77. The third-order valence-corrected chi connectivity index (χ3v) is 16.0. The van der Waals surface area contributed by atoms with Crippen molar-refractivity contribution in [3.8, 4) is 0 Å². The molecule has 3 amide bonds. The van der Waals surface area contributed by atoms with Gasteiger partial charge in [0.25, 0.3) is 5.79 Å². The lowest BCUT2D eigenvalue weighted by Crippen LogP contribution is -2.72. The Morgan fingerprint density at radius 3 is 1.69 bits per heavy atom. The zero-order valence-electron chi connectivity index (χ0n) is 50.0. The van der Waals surface area contributed by atoms with Crippen molar-refractivity contribution >= 4 is 23.7 Å². The van der Waals surface area contributed by atoms with Crippen LogP contribution in [0.3, 0.4) is 0 Å². The number of ether oxygens (including phenoxy) is 8. The van der Waals surface area contributed by atoms with Crippen LogP contribution in [0.15, 0.2) is 12.2 Å². The number of aliphatic hydroxyl groups is 13. The lowest BCUT2D eigenvalue weighted by Gasteiger charge is -2.52. The molecule has 0 bridgehead atoms. The van der Waals surface area contributed by atoms with Gasteiger partial charge in [-0.25, -0.2) is 4.79 Å². The topological polar surface area (TPSA) is 461 Å². The highest BCUT2D eigenvalue weighted by atomic mass is 16.8. The van der Waals surface area contributed by atoms with E-state index in [-0.39, 0.29) is 12.3 Å². The minimum absolute atomic E-state index is 0.153. The van der Waals surface area contributed by atoms with Gasteiger partial charge in [0.15, 0.2) is 18.9 Å². The van der Waals surface area contributed by atoms with Crippen LogP contribution in [0.25, 0.3) is 0 Å². The van der Waals surface area contributed by atoms with Crippen molar-refractivity contribution in [2.24, 2.45) is 0 Å². The number of carbonyl (C=O) groups is 4. The standard InChI is InChI=1S/C57H101N3O26/c1-5-7-9-11-12-13-14-15-16-17-18-20-21-23-34(67)33(60-40(70)24-22-19-10-8-6-2)30-79-54-47(75)46(74)49(38(28-63)81-54)83-55-48(76)52(50(39(29-64)82-55)84-53-42(59-32(4)66)45(73)44(72)37(27-62)80-53)86-57(56(77)78)25-35(68)41(58-31(3)65)51(85-57)43(71)36(69)26-61/h21,23,33-39,41-55,61-64,67-69,71-76H,5-20,22,24-30H2,1-4H3,(H,58,65)(H,59,66)(H,60,70)(H,77,78)/b23-21+/t33-,34+,35-,36+,37+,38+,39+,41+,42+,43+,44-,45+,46+,47+,48+,49+,50-,51+,52+,53-,54+,55-,57-/m0/s1. The van der Waals surface area contributed by atoms with Gasteiger partial charge in [0.1, 0.15) is 91.5 Å². The lowest BCUT2D eigenvalue weighted by molar-refractivity contribution is -0.401. The van der Waals surface area contributed by atoms with E-state index in [1.165, 1.54) is 51.0 Å². The Kier molecular flexibility index (Phi) is 33.7. The molecule has 0 saturated carbocycles. The number of carboxylic acids is 1. The van der Waals surface area contributed by atoms with Crippen molar-refractivity contribution < 1.29 is 129 Å². The number of carboxylic acid groups (broad SMARTS) is 1. The number of nitrogens with one attached hydrogen (secondary N) is 3. The SMILES string of the molecule is CCCCCCCCCCCCC/C=C/[C@@H](O)[C@H](CO[C@@H]1O[C@H](CO)[C@@H](O[C@@H]2O[C@H](CO)[C@H](O[C@@H]3O[C@H](CO)[C@H](O)[C@H](O)[C@H]3NC(C)=O)[C@H](O[C@]3(C(=O)O)C[C@H](O)[C@@H](NC(C)=O)[C@H]([C@H](O)[C@H](O)CO)O3)[C@H]2O)[C@H](O)[C@H]1O)NC(=O)CCCCCCC. The number of aliphatic carboxylic acids is 1. The summed E-state index contributed by atoms with van der Waals surface area (Å²) >= 11 is 0. The molecule has 4 aliphatic rings. The first kappa shape index (κ1) is 75.2. The lowest BCUT2D eigenvalue weighted by atomic mass is 9.88. The third kappa shape index (κ3) is 22.0. The Morgan fingerprint density at radius 2 is 1.13 bits per heavy atom. The Labute approximate surface area is 502 Å². The maximum absolute atomic E-state index is 13.5. The summed E-state index contributed by atoms with van der Waals surface area (Å²) in [6.07, 6.45) is -17.6. The summed E-state index contributed by atoms with van der Waals surface area (Å²) in [6.45, 7) is 1.55. The predicted molar refractivity (Wildman–Crippen MR) is 300 cm³/mol. The number of rotatable bonds is 39. The Hall–Kier alpha value is -3.22. The molecule has 29 nitrogen and oxygen atoms in total. The van der Waals surface area contributed by atoms with Crippen molar-refractivity contribution in [1.82, 2.24) is 16.0 Å². The van der Waals surface area contributed by atoms with Crippen LogP contribution in [0, 0.1) is 0 Å². The van der Waals surface area contributed by atoms with E-state index in [2.05, 4.69) is 29.8 Å². The minimum atomic E-state index is -3.28. The van der Waals surface area contributed by atoms with Crippen LogP contribution in [0.4, 0.5) is 0 Å². The first-order valence-corrected chi connectivity index (χ1v) is 30.6. The zero-order valence-corrected chi connectivity index (χ0v) is 50.0. The molecule has 0 radical (unpaired) electrons. The van der Waals surface area contributed by atoms with Crippen LogP contribution in [0.2, 0.25) is 0 Å². The van der Waals surface area contributed by atoms with Gasteiger partial charge in [-0.1, -0.05) is 116 Å². The Morgan fingerprint density at radius 1 is 0.605 bits per heavy atom. The Balaban J connectivity index is 1.61. The zero-order chi connectivity index (χ0) is 63.7. The van der Waals surface area contributed by atoms with Crippen LogP contribution in [0.5, 0.6) is 0 Å². The summed E-state index contributed by atoms with van der Waals surface area (Å²) in [6, 6.07) is -4.51. The molecule has 0 unspecified atom stereocenters. The summed E-state index contributed by atoms with van der Waals surface area (Å²) < 4.78 is 47.6. The quantitative estimate of drug-likeness (QED) is 0.0219. The van der Waals surface area contributed by atoms with E-state index in [1.54, 1.807) is 0 Å². The van der Waals surface area contributed by atoms with Gasteiger partial charge in [-0.05, 0) is 19.3 Å². The van der Waals surface area contributed by atoms with Crippen LogP contribution in [-0.4, -0.2) is 269 Å². The molecule has 0 aromatic rings. The van der Waals surface area contributed by atoms with Crippen molar-refractivity contribution in [2.75, 3.05) is 33.0 Å². The number of allylic oxidation sites excluding steroid dienone is 1. The monoisotopic (exact) mass is 1240 g/mol. The first-order chi connectivity index (χ1) is 41.0. The van der Waals surface area contributed by atoms with Crippen molar-refractivity contribution in [1.29, 1.82) is 0 Å². The summed E-state index contributed by atoms with van der Waals surface area (Å²) in [5.41, 5.74) is 0. The number of carbonyl (C=O) groups excluding carboxylic acids is 3. The van der Waals surface area contributed by atoms with E-state index in [0.717, 1.165) is 65.2 Å². The maximum Gasteiger partial charge on any atom is 0.364 e. The molecular weight excluding hydrogens is 1140 g/mol. The molecule has 4 fully saturated rings. The summed E-state index contributed by atoms with van der Waals surface area (Å²) in [7, 11) is 0. The third-order valence-electron chi connectivity index (χ3n) is 16.0. The fourth-order valence-electron chi connectivity index (χ4n) is 11.1. The molecule has 0 aromatic carbocycles. The van der Waals surface area contributed by atoms with E-state index in [4.69, 9.17) is 37.9 Å². The molecule has 0 aromatic heterocycles. The van der Waals surface area contributed by atoms with Gasteiger partial charge in [-0.3, -0.25) is 14.4 Å². The van der Waals surface area contributed by atoms with Gasteiger partial charge < -0.3 is 125 Å². The maximum atomic E-state index is 13.5. The summed E-state index contributed by atoms with van der Waals surface area (Å²) in [5.74, 6) is -7.39. The first-order valence-electron chi connectivity index (χ1n) is 30.6. The number of amides is 3. The molecule has 4 rings (SSSR count). The van der Waals surface area contributed by atoms with Crippen LogP contribution >= 0.6 is 0 Å². The summed E-state index contributed by atoms with van der Waals surface area (Å²) in [5, 5.41) is 162. The van der Waals surface area contributed by atoms with E-state index in [1.807, 2.05) is 6.08 Å². The van der Waals surface area contributed by atoms with E-state index < -0.39 is 198 Å². The molecule has 86 heavy (non-hydrogen) atoms. The molecule has 4 saturated heterocycles. The molecule has 500 valence electrons. The molecule has 17 N–H and O–H groups in total.